The molecule has 30 heavy (non-hydrogen) atoms. The molecule has 0 rings (SSSR count). The molecule has 0 atom stereocenters. The van der Waals surface area contributed by atoms with Gasteiger partial charge in [-0.1, -0.05) is 90.9 Å². The summed E-state index contributed by atoms with van der Waals surface area (Å²) in [6, 6.07) is 0. The molecule has 0 radical (unpaired) electrons. The van der Waals surface area contributed by atoms with Crippen LogP contribution in [0.15, 0.2) is 0 Å². The zero-order chi connectivity index (χ0) is 22.5. The predicted molar refractivity (Wildman–Crippen MR) is 134 cm³/mol. The van der Waals surface area contributed by atoms with E-state index in [2.05, 4.69) is 39.9 Å². The third-order valence-electron chi connectivity index (χ3n) is 7.08. The maximum absolute atomic E-state index is 12.0. The monoisotopic (exact) mass is 425 g/mol. The summed E-state index contributed by atoms with van der Waals surface area (Å²) < 4.78 is 1.17. The van der Waals surface area contributed by atoms with Gasteiger partial charge in [0.25, 0.3) is 0 Å². The van der Waals surface area contributed by atoms with Gasteiger partial charge in [-0.25, -0.2) is 0 Å². The Balaban J connectivity index is 3.36. The summed E-state index contributed by atoms with van der Waals surface area (Å²) in [6.07, 6.45) is 19.5. The second-order valence-electron chi connectivity index (χ2n) is 9.89. The van der Waals surface area contributed by atoms with E-state index >= 15 is 0 Å². The third kappa shape index (κ3) is 17.1. The Bertz CT molecular complexity index is 369. The molecule has 0 aromatic rings. The summed E-state index contributed by atoms with van der Waals surface area (Å²) in [7, 11) is 0. The molecule has 1 amide bonds. The first-order valence-corrected chi connectivity index (χ1v) is 13.6. The molecule has 0 bridgehead atoms. The van der Waals surface area contributed by atoms with Crippen molar-refractivity contribution in [2.24, 2.45) is 5.92 Å². The Morgan fingerprint density at radius 3 is 1.53 bits per heavy atom. The molecule has 3 nitrogen and oxygen atoms in total. The smallest absolute Gasteiger partial charge is 0.219 e. The van der Waals surface area contributed by atoms with Crippen LogP contribution in [0, 0.1) is 5.92 Å². The van der Waals surface area contributed by atoms with Crippen LogP contribution in [0.2, 0.25) is 0 Å². The lowest BCUT2D eigenvalue weighted by Gasteiger charge is -2.35. The van der Waals surface area contributed by atoms with Gasteiger partial charge in [-0.2, -0.15) is 0 Å². The van der Waals surface area contributed by atoms with E-state index in [9.17, 15) is 4.79 Å². The largest absolute Gasteiger partial charge is 0.356 e. The van der Waals surface area contributed by atoms with Crippen molar-refractivity contribution in [1.82, 2.24) is 5.32 Å². The molecule has 0 unspecified atom stereocenters. The highest BCUT2D eigenvalue weighted by Gasteiger charge is 2.19. The van der Waals surface area contributed by atoms with Gasteiger partial charge in [0.2, 0.25) is 5.91 Å². The highest BCUT2D eigenvalue weighted by atomic mass is 16.1. The maximum Gasteiger partial charge on any atom is 0.219 e. The molecule has 0 saturated heterocycles. The molecule has 0 aliphatic rings. The van der Waals surface area contributed by atoms with Gasteiger partial charge < -0.3 is 9.80 Å². The predicted octanol–water partition coefficient (Wildman–Crippen LogP) is 7.49. The third-order valence-corrected chi connectivity index (χ3v) is 7.08. The van der Waals surface area contributed by atoms with Crippen molar-refractivity contribution < 1.29 is 9.28 Å². The number of rotatable bonds is 22. The normalized spacial score (nSPS) is 11.9. The quantitative estimate of drug-likeness (QED) is 0.141. The van der Waals surface area contributed by atoms with Crippen molar-refractivity contribution in [1.29, 1.82) is 0 Å². The minimum Gasteiger partial charge on any atom is -0.356 e. The van der Waals surface area contributed by atoms with Gasteiger partial charge >= 0.3 is 0 Å². The first-order chi connectivity index (χ1) is 14.5. The average Bonchev–Trinajstić information content (AvgIpc) is 2.74. The van der Waals surface area contributed by atoms with Crippen molar-refractivity contribution in [3.05, 3.63) is 0 Å². The Hall–Kier alpha value is -0.570. The summed E-state index contributed by atoms with van der Waals surface area (Å²) >= 11 is 0. The number of nitrogens with one attached hydrogen (secondary N) is 1. The molecule has 0 aromatic carbocycles. The van der Waals surface area contributed by atoms with Crippen molar-refractivity contribution >= 4 is 5.91 Å². The molecule has 1 N–H and O–H groups in total. The number of nitrogens with zero attached hydrogens (tertiary/aromatic N) is 1. The first kappa shape index (κ1) is 29.4. The number of unbranched alkanes of at least 4 members (excludes halogenated alkanes) is 11. The van der Waals surface area contributed by atoms with Gasteiger partial charge in [-0.3, -0.25) is 4.79 Å². The van der Waals surface area contributed by atoms with Gasteiger partial charge in [-0.15, -0.1) is 0 Å². The molecule has 0 aliphatic heterocycles. The molecule has 0 spiro atoms. The molecule has 0 aliphatic carbocycles. The van der Waals surface area contributed by atoms with Gasteiger partial charge in [0.1, 0.15) is 0 Å². The van der Waals surface area contributed by atoms with Gasteiger partial charge in [0.15, 0.2) is 0 Å². The van der Waals surface area contributed by atoms with Crippen LogP contribution < -0.4 is 5.32 Å². The van der Waals surface area contributed by atoms with Crippen LogP contribution >= 0.6 is 0 Å². The van der Waals surface area contributed by atoms with Crippen molar-refractivity contribution in [3.63, 3.8) is 0 Å². The zero-order valence-electron chi connectivity index (χ0n) is 21.6. The fourth-order valence-electron chi connectivity index (χ4n) is 4.48. The van der Waals surface area contributed by atoms with E-state index in [4.69, 9.17) is 0 Å². The number of amides is 1. The lowest BCUT2D eigenvalue weighted by atomic mass is 10.0. The van der Waals surface area contributed by atoms with E-state index in [0.29, 0.717) is 6.42 Å². The lowest BCUT2D eigenvalue weighted by Crippen LogP contribution is -2.48. The van der Waals surface area contributed by atoms with Crippen LogP contribution in [0.3, 0.4) is 0 Å². The molecular weight excluding hydrogens is 368 g/mol. The number of carbonyl (C=O) groups is 1. The second kappa shape index (κ2) is 20.3. The minimum absolute atomic E-state index is 0.256. The maximum atomic E-state index is 12.0. The van der Waals surface area contributed by atoms with Crippen LogP contribution in [0.25, 0.3) is 0 Å². The number of hydrogen-bond donors (Lipinski definition) is 1. The van der Waals surface area contributed by atoms with Crippen LogP contribution in [-0.4, -0.2) is 43.1 Å². The topological polar surface area (TPSA) is 29.1 Å². The van der Waals surface area contributed by atoms with E-state index in [1.807, 2.05) is 0 Å². The summed E-state index contributed by atoms with van der Waals surface area (Å²) in [4.78, 5) is 12.0. The first-order valence-electron chi connectivity index (χ1n) is 13.6. The fraction of sp³-hybridized carbons (Fsp3) is 0.963. The van der Waals surface area contributed by atoms with Crippen molar-refractivity contribution in [3.8, 4) is 0 Å². The van der Waals surface area contributed by atoms with E-state index in [1.165, 1.54) is 108 Å². The summed E-state index contributed by atoms with van der Waals surface area (Å²) in [5.74, 6) is 1.13. The second-order valence-corrected chi connectivity index (χ2v) is 9.89. The molecular formula is C27H57N2O+. The molecule has 0 heterocycles. The number of carbonyl (C=O) groups excluding carboxylic acids is 1. The zero-order valence-corrected chi connectivity index (χ0v) is 21.6. The SMILES string of the molecule is CC[N+](CC)(CC)CCCNC(=O)CCCCCCCCCCCCCCC(C)C. The van der Waals surface area contributed by atoms with E-state index in [1.54, 1.807) is 0 Å². The summed E-state index contributed by atoms with van der Waals surface area (Å²) in [6.45, 7) is 17.1. The molecule has 0 fully saturated rings. The van der Waals surface area contributed by atoms with Gasteiger partial charge in [0, 0.05) is 19.4 Å². The molecule has 3 heteroatoms. The Morgan fingerprint density at radius 1 is 0.667 bits per heavy atom. The fourth-order valence-corrected chi connectivity index (χ4v) is 4.48. The van der Waals surface area contributed by atoms with Crippen LogP contribution in [0.1, 0.15) is 131 Å². The highest BCUT2D eigenvalue weighted by molar-refractivity contribution is 5.75. The Morgan fingerprint density at radius 2 is 1.10 bits per heavy atom. The molecule has 0 saturated carbocycles. The van der Waals surface area contributed by atoms with Crippen molar-refractivity contribution in [2.75, 3.05) is 32.7 Å². The molecule has 0 aromatic heterocycles. The minimum atomic E-state index is 0.256. The standard InChI is InChI=1S/C27H56N2O/c1-6-29(7-2,8-3)25-21-24-28-27(30)23-20-18-16-14-12-10-9-11-13-15-17-19-22-26(4)5/h26H,6-25H2,1-5H3/p+1. The van der Waals surface area contributed by atoms with Crippen molar-refractivity contribution in [2.45, 2.75) is 131 Å². The van der Waals surface area contributed by atoms with Crippen LogP contribution in [0.5, 0.6) is 0 Å². The van der Waals surface area contributed by atoms with E-state index < -0.39 is 0 Å². The Labute approximate surface area is 190 Å². The van der Waals surface area contributed by atoms with E-state index in [0.717, 1.165) is 25.3 Å². The van der Waals surface area contributed by atoms with Crippen LogP contribution in [0.4, 0.5) is 0 Å². The molecule has 180 valence electrons. The van der Waals surface area contributed by atoms with Gasteiger partial charge in [0.05, 0.1) is 26.2 Å². The number of hydrogen-bond acceptors (Lipinski definition) is 1. The Kier molecular flexibility index (Phi) is 20.0. The highest BCUT2D eigenvalue weighted by Crippen LogP contribution is 2.14. The lowest BCUT2D eigenvalue weighted by molar-refractivity contribution is -0.923. The summed E-state index contributed by atoms with van der Waals surface area (Å²) in [5, 5.41) is 3.13. The average molecular weight is 426 g/mol. The van der Waals surface area contributed by atoms with Gasteiger partial charge in [-0.05, 0) is 33.1 Å². The van der Waals surface area contributed by atoms with E-state index in [-0.39, 0.29) is 5.91 Å². The van der Waals surface area contributed by atoms with Crippen LogP contribution in [-0.2, 0) is 4.79 Å². The number of quaternary nitrogens is 1. The summed E-state index contributed by atoms with van der Waals surface area (Å²) in [5.41, 5.74) is 0.